The summed E-state index contributed by atoms with van der Waals surface area (Å²) in [6, 6.07) is 23.5. The summed E-state index contributed by atoms with van der Waals surface area (Å²) in [7, 11) is 0. The number of benzene rings is 3. The van der Waals surface area contributed by atoms with Crippen LogP contribution in [0.5, 0.6) is 0 Å². The van der Waals surface area contributed by atoms with Crippen molar-refractivity contribution in [2.45, 2.75) is 45.1 Å². The van der Waals surface area contributed by atoms with Crippen LogP contribution in [-0.4, -0.2) is 56.3 Å². The van der Waals surface area contributed by atoms with Crippen LogP contribution in [-0.2, 0) is 24.1 Å². The molecule has 0 saturated carbocycles. The molecule has 1 aromatic heterocycles. The summed E-state index contributed by atoms with van der Waals surface area (Å²) >= 11 is 0. The van der Waals surface area contributed by atoms with Gasteiger partial charge in [-0.25, -0.2) is 0 Å². The fourth-order valence-electron chi connectivity index (χ4n) is 4.11. The van der Waals surface area contributed by atoms with Crippen LogP contribution in [0.3, 0.4) is 0 Å². The monoisotopic (exact) mass is 518 g/mol. The van der Waals surface area contributed by atoms with Crippen molar-refractivity contribution in [1.82, 2.24) is 4.57 Å². The van der Waals surface area contributed by atoms with Gasteiger partial charge in [-0.1, -0.05) is 42.5 Å². The zero-order valence-electron chi connectivity index (χ0n) is 22.1. The lowest BCUT2D eigenvalue weighted by Crippen LogP contribution is -2.50. The van der Waals surface area contributed by atoms with Crippen LogP contribution in [0.1, 0.15) is 34.2 Å². The minimum Gasteiger partial charge on any atom is -0.481 e. The molecule has 202 valence electrons. The van der Waals surface area contributed by atoms with Crippen molar-refractivity contribution in [2.75, 3.05) is 19.8 Å². The summed E-state index contributed by atoms with van der Waals surface area (Å²) in [6.45, 7) is 3.07. The molecule has 0 unspecified atom stereocenters. The minimum atomic E-state index is -1.21. The number of aryl methyl sites for hydroxylation is 5. The molecule has 0 fully saturated rings. The van der Waals surface area contributed by atoms with E-state index in [-0.39, 0.29) is 6.42 Å². The molecule has 4 rings (SSSR count). The molecule has 7 nitrogen and oxygen atoms in total. The number of aliphatic hydroxyl groups is 3. The Kier molecular flexibility index (Phi) is 10.2. The molecule has 0 aliphatic carbocycles. The normalized spacial score (nSPS) is 11.3. The SMILES string of the molecule is Cc1ccc(-n2cc(CCc3ccccc3)c3cc(CCC(=O)O)ccc32)cc1C.NC(CO)(CO)CO. The summed E-state index contributed by atoms with van der Waals surface area (Å²) < 4.78 is 2.27. The number of rotatable bonds is 10. The summed E-state index contributed by atoms with van der Waals surface area (Å²) in [4.78, 5) is 11.0. The van der Waals surface area contributed by atoms with Gasteiger partial charge in [-0.15, -0.1) is 0 Å². The highest BCUT2D eigenvalue weighted by molar-refractivity contribution is 5.86. The van der Waals surface area contributed by atoms with E-state index in [4.69, 9.17) is 26.2 Å². The highest BCUT2D eigenvalue weighted by Crippen LogP contribution is 2.28. The first-order valence-electron chi connectivity index (χ1n) is 12.8. The number of nitrogens with two attached hydrogens (primary N) is 1. The molecule has 4 aromatic rings. The molecular weight excluding hydrogens is 480 g/mol. The number of hydrogen-bond donors (Lipinski definition) is 5. The van der Waals surface area contributed by atoms with E-state index in [1.165, 1.54) is 33.2 Å². The van der Waals surface area contributed by atoms with E-state index >= 15 is 0 Å². The molecule has 7 heteroatoms. The molecular formula is C31H38N2O5. The van der Waals surface area contributed by atoms with E-state index in [0.29, 0.717) is 6.42 Å². The Balaban J connectivity index is 0.000000436. The number of fused-ring (bicyclic) bond motifs is 1. The number of aliphatic carboxylic acids is 1. The highest BCUT2D eigenvalue weighted by atomic mass is 16.4. The van der Waals surface area contributed by atoms with Crippen LogP contribution < -0.4 is 5.73 Å². The zero-order chi connectivity index (χ0) is 27.7. The van der Waals surface area contributed by atoms with Crippen molar-refractivity contribution in [3.63, 3.8) is 0 Å². The molecule has 0 aliphatic heterocycles. The van der Waals surface area contributed by atoms with E-state index in [1.807, 2.05) is 6.07 Å². The molecule has 1 heterocycles. The van der Waals surface area contributed by atoms with Crippen molar-refractivity contribution in [2.24, 2.45) is 5.73 Å². The van der Waals surface area contributed by atoms with Crippen LogP contribution in [0.25, 0.3) is 16.6 Å². The molecule has 0 radical (unpaired) electrons. The molecule has 0 amide bonds. The minimum absolute atomic E-state index is 0.155. The maximum absolute atomic E-state index is 11.0. The van der Waals surface area contributed by atoms with E-state index in [9.17, 15) is 4.79 Å². The number of carboxylic acid groups (broad SMARTS) is 1. The molecule has 0 atom stereocenters. The molecule has 0 bridgehead atoms. The van der Waals surface area contributed by atoms with Gasteiger partial charge in [-0.3, -0.25) is 4.79 Å². The van der Waals surface area contributed by atoms with Gasteiger partial charge in [0.15, 0.2) is 0 Å². The van der Waals surface area contributed by atoms with Gasteiger partial charge in [0.05, 0.1) is 30.9 Å². The second-order valence-electron chi connectivity index (χ2n) is 9.86. The lowest BCUT2D eigenvalue weighted by molar-refractivity contribution is -0.136. The average Bonchev–Trinajstić information content (AvgIpc) is 3.30. The first-order chi connectivity index (χ1) is 18.2. The first kappa shape index (κ1) is 29.1. The molecule has 0 saturated heterocycles. The fraction of sp³-hybridized carbons (Fsp3) is 0.323. The number of aromatic nitrogens is 1. The maximum atomic E-state index is 11.0. The molecule has 38 heavy (non-hydrogen) atoms. The Bertz CT molecular complexity index is 1340. The van der Waals surface area contributed by atoms with E-state index in [1.54, 1.807) is 0 Å². The smallest absolute Gasteiger partial charge is 0.303 e. The van der Waals surface area contributed by atoms with E-state index < -0.39 is 31.3 Å². The molecule has 6 N–H and O–H groups in total. The third kappa shape index (κ3) is 7.52. The fourth-order valence-corrected chi connectivity index (χ4v) is 4.11. The van der Waals surface area contributed by atoms with E-state index in [0.717, 1.165) is 24.1 Å². The topological polar surface area (TPSA) is 129 Å². The number of aliphatic hydroxyl groups excluding tert-OH is 3. The second-order valence-corrected chi connectivity index (χ2v) is 9.86. The van der Waals surface area contributed by atoms with Gasteiger partial charge in [-0.05, 0) is 85.2 Å². The van der Waals surface area contributed by atoms with Crippen LogP contribution >= 0.6 is 0 Å². The number of nitrogens with zero attached hydrogens (tertiary/aromatic N) is 1. The van der Waals surface area contributed by atoms with Crippen molar-refractivity contribution in [3.05, 3.63) is 101 Å². The Morgan fingerprint density at radius 2 is 1.50 bits per heavy atom. The molecule has 0 spiro atoms. The summed E-state index contributed by atoms with van der Waals surface area (Å²) in [5, 5.41) is 35.3. The van der Waals surface area contributed by atoms with Crippen molar-refractivity contribution >= 4 is 16.9 Å². The largest absolute Gasteiger partial charge is 0.481 e. The zero-order valence-corrected chi connectivity index (χ0v) is 22.1. The standard InChI is InChI=1S/C27H27NO2.C4H11NO3/c1-19-8-13-24(16-20(19)2)28-18-23(12-9-21-6-4-3-5-7-21)25-17-22(10-14-26(25)28)11-15-27(29)30;5-4(1-6,2-7)3-8/h3-8,10,13-14,16-18H,9,11-12,15H2,1-2H3,(H,29,30);6-8H,1-3,5H2. The molecule has 0 aliphatic rings. The predicted octanol–water partition coefficient (Wildman–Crippen LogP) is 3.71. The Morgan fingerprint density at radius 1 is 0.816 bits per heavy atom. The van der Waals surface area contributed by atoms with Gasteiger partial charge in [-0.2, -0.15) is 0 Å². The van der Waals surface area contributed by atoms with Gasteiger partial charge in [0.1, 0.15) is 0 Å². The first-order valence-corrected chi connectivity index (χ1v) is 12.8. The third-order valence-electron chi connectivity index (χ3n) is 6.82. The van der Waals surface area contributed by atoms with Crippen molar-refractivity contribution < 1.29 is 25.2 Å². The number of carbonyl (C=O) groups is 1. The quantitative estimate of drug-likeness (QED) is 0.218. The predicted molar refractivity (Wildman–Crippen MR) is 151 cm³/mol. The Morgan fingerprint density at radius 3 is 2.08 bits per heavy atom. The van der Waals surface area contributed by atoms with Crippen molar-refractivity contribution in [1.29, 1.82) is 0 Å². The lowest BCUT2D eigenvalue weighted by Gasteiger charge is -2.20. The maximum Gasteiger partial charge on any atom is 0.303 e. The van der Waals surface area contributed by atoms with Gasteiger partial charge in [0.25, 0.3) is 0 Å². The van der Waals surface area contributed by atoms with E-state index in [2.05, 4.69) is 85.3 Å². The van der Waals surface area contributed by atoms with Crippen LogP contribution in [0, 0.1) is 13.8 Å². The Labute approximate surface area is 223 Å². The number of carboxylic acids is 1. The third-order valence-corrected chi connectivity index (χ3v) is 6.82. The molecule has 3 aromatic carbocycles. The Hall–Kier alpha value is -3.49. The van der Waals surface area contributed by atoms with Gasteiger partial charge >= 0.3 is 5.97 Å². The van der Waals surface area contributed by atoms with Gasteiger partial charge in [0.2, 0.25) is 0 Å². The lowest BCUT2D eigenvalue weighted by atomic mass is 10.0. The summed E-state index contributed by atoms with van der Waals surface area (Å²) in [5.74, 6) is -0.757. The van der Waals surface area contributed by atoms with Crippen LogP contribution in [0.2, 0.25) is 0 Å². The average molecular weight is 519 g/mol. The number of hydrogen-bond acceptors (Lipinski definition) is 5. The van der Waals surface area contributed by atoms with Crippen LogP contribution in [0.15, 0.2) is 72.9 Å². The highest BCUT2D eigenvalue weighted by Gasteiger charge is 2.20. The van der Waals surface area contributed by atoms with Crippen LogP contribution in [0.4, 0.5) is 0 Å². The summed E-state index contributed by atoms with van der Waals surface area (Å²) in [5.41, 5.74) is 12.5. The van der Waals surface area contributed by atoms with Gasteiger partial charge in [0, 0.05) is 23.7 Å². The second kappa shape index (κ2) is 13.3. The summed E-state index contributed by atoms with van der Waals surface area (Å²) in [6.07, 6.45) is 4.88. The van der Waals surface area contributed by atoms with Gasteiger partial charge < -0.3 is 30.7 Å². The van der Waals surface area contributed by atoms with Crippen molar-refractivity contribution in [3.8, 4) is 5.69 Å².